The molecule has 0 saturated carbocycles. The van der Waals surface area contributed by atoms with Gasteiger partial charge >= 0.3 is 0 Å². The lowest BCUT2D eigenvalue weighted by molar-refractivity contribution is 0.443. The van der Waals surface area contributed by atoms with Crippen molar-refractivity contribution in [3.8, 4) is 0 Å². The van der Waals surface area contributed by atoms with E-state index in [1.54, 1.807) is 17.6 Å². The molecule has 0 aromatic carbocycles. The highest BCUT2D eigenvalue weighted by atomic mass is 32.1. The molecule has 0 aliphatic heterocycles. The topological polar surface area (TPSA) is 25.2 Å². The average molecular weight is 249 g/mol. The normalized spacial score (nSPS) is 12.9. The molecule has 0 saturated heterocycles. The SMILES string of the molecule is CCCNC(c1ccsc1C)c1occc1C. The molecule has 2 heterocycles. The molecular weight excluding hydrogens is 230 g/mol. The first-order valence-electron chi connectivity index (χ1n) is 6.05. The summed E-state index contributed by atoms with van der Waals surface area (Å²) in [6.07, 6.45) is 2.90. The van der Waals surface area contributed by atoms with Gasteiger partial charge in [0.1, 0.15) is 5.76 Å². The van der Waals surface area contributed by atoms with Crippen molar-refractivity contribution >= 4 is 11.3 Å². The van der Waals surface area contributed by atoms with E-state index in [2.05, 4.69) is 37.5 Å². The van der Waals surface area contributed by atoms with Crippen LogP contribution in [0.25, 0.3) is 0 Å². The number of aryl methyl sites for hydroxylation is 2. The largest absolute Gasteiger partial charge is 0.467 e. The molecule has 1 unspecified atom stereocenters. The Morgan fingerprint density at radius 1 is 1.35 bits per heavy atom. The fourth-order valence-corrected chi connectivity index (χ4v) is 2.75. The van der Waals surface area contributed by atoms with Crippen LogP contribution in [0.3, 0.4) is 0 Å². The van der Waals surface area contributed by atoms with Crippen molar-refractivity contribution in [1.29, 1.82) is 0 Å². The Bertz CT molecular complexity index is 432. The average Bonchev–Trinajstić information content (AvgIpc) is 2.90. The second-order valence-corrected chi connectivity index (χ2v) is 5.41. The maximum absolute atomic E-state index is 5.64. The third-order valence-corrected chi connectivity index (χ3v) is 3.83. The number of hydrogen-bond donors (Lipinski definition) is 1. The van der Waals surface area contributed by atoms with Crippen molar-refractivity contribution in [1.82, 2.24) is 5.32 Å². The maximum Gasteiger partial charge on any atom is 0.128 e. The summed E-state index contributed by atoms with van der Waals surface area (Å²) >= 11 is 1.79. The zero-order chi connectivity index (χ0) is 12.3. The summed E-state index contributed by atoms with van der Waals surface area (Å²) in [5.74, 6) is 1.04. The van der Waals surface area contributed by atoms with E-state index in [1.165, 1.54) is 16.0 Å². The van der Waals surface area contributed by atoms with Gasteiger partial charge in [-0.05, 0) is 55.5 Å². The van der Waals surface area contributed by atoms with Gasteiger partial charge < -0.3 is 9.73 Å². The van der Waals surface area contributed by atoms with Crippen molar-refractivity contribution in [2.75, 3.05) is 6.54 Å². The van der Waals surface area contributed by atoms with E-state index in [1.807, 2.05) is 6.07 Å². The minimum absolute atomic E-state index is 0.191. The Balaban J connectivity index is 2.32. The van der Waals surface area contributed by atoms with E-state index in [-0.39, 0.29) is 6.04 Å². The van der Waals surface area contributed by atoms with Crippen molar-refractivity contribution in [3.63, 3.8) is 0 Å². The Kier molecular flexibility index (Phi) is 4.02. The minimum atomic E-state index is 0.191. The zero-order valence-electron chi connectivity index (χ0n) is 10.6. The molecule has 0 spiro atoms. The lowest BCUT2D eigenvalue weighted by Gasteiger charge is -2.17. The Morgan fingerprint density at radius 2 is 2.18 bits per heavy atom. The molecule has 0 amide bonds. The number of hydrogen-bond acceptors (Lipinski definition) is 3. The highest BCUT2D eigenvalue weighted by Crippen LogP contribution is 2.30. The van der Waals surface area contributed by atoms with E-state index in [4.69, 9.17) is 4.42 Å². The maximum atomic E-state index is 5.64. The first-order chi connectivity index (χ1) is 8.24. The molecule has 2 aromatic heterocycles. The van der Waals surface area contributed by atoms with Crippen LogP contribution in [0.1, 0.15) is 41.2 Å². The summed E-state index contributed by atoms with van der Waals surface area (Å²) in [7, 11) is 0. The summed E-state index contributed by atoms with van der Waals surface area (Å²) in [4.78, 5) is 1.36. The van der Waals surface area contributed by atoms with Gasteiger partial charge in [-0.1, -0.05) is 6.92 Å². The summed E-state index contributed by atoms with van der Waals surface area (Å²) in [6.45, 7) is 7.44. The first-order valence-corrected chi connectivity index (χ1v) is 6.93. The second kappa shape index (κ2) is 5.52. The standard InChI is InChI=1S/C14H19NOS/c1-4-7-15-13(12-6-9-17-11(12)3)14-10(2)5-8-16-14/h5-6,8-9,13,15H,4,7H2,1-3H3. The summed E-state index contributed by atoms with van der Waals surface area (Å²) in [6, 6.07) is 4.41. The molecule has 92 valence electrons. The van der Waals surface area contributed by atoms with E-state index in [9.17, 15) is 0 Å². The third kappa shape index (κ3) is 2.61. The van der Waals surface area contributed by atoms with Gasteiger partial charge in [0.05, 0.1) is 12.3 Å². The second-order valence-electron chi connectivity index (χ2n) is 4.29. The number of furan rings is 1. The van der Waals surface area contributed by atoms with Gasteiger partial charge in [-0.25, -0.2) is 0 Å². The Hall–Kier alpha value is -1.06. The molecule has 2 nitrogen and oxygen atoms in total. The van der Waals surface area contributed by atoms with Gasteiger partial charge in [-0.2, -0.15) is 0 Å². The molecule has 3 heteroatoms. The van der Waals surface area contributed by atoms with Gasteiger partial charge in [0.25, 0.3) is 0 Å². The predicted molar refractivity (Wildman–Crippen MR) is 72.6 cm³/mol. The molecule has 17 heavy (non-hydrogen) atoms. The van der Waals surface area contributed by atoms with Crippen LogP contribution in [-0.2, 0) is 0 Å². The van der Waals surface area contributed by atoms with Crippen molar-refractivity contribution < 1.29 is 4.42 Å². The fourth-order valence-electron chi connectivity index (χ4n) is 2.01. The van der Waals surface area contributed by atoms with Gasteiger partial charge in [0.15, 0.2) is 0 Å². The third-order valence-electron chi connectivity index (χ3n) is 2.97. The molecule has 0 bridgehead atoms. The van der Waals surface area contributed by atoms with Crippen molar-refractivity contribution in [3.05, 3.63) is 45.5 Å². The molecule has 0 aliphatic carbocycles. The van der Waals surface area contributed by atoms with Gasteiger partial charge in [0.2, 0.25) is 0 Å². The quantitative estimate of drug-likeness (QED) is 0.865. The zero-order valence-corrected chi connectivity index (χ0v) is 11.4. The van der Waals surface area contributed by atoms with Gasteiger partial charge in [0, 0.05) is 4.88 Å². The number of nitrogens with one attached hydrogen (secondary N) is 1. The summed E-state index contributed by atoms with van der Waals surface area (Å²) in [5.41, 5.74) is 2.55. The first kappa shape index (κ1) is 12.4. The fraction of sp³-hybridized carbons (Fsp3) is 0.429. The molecule has 1 N–H and O–H groups in total. The van der Waals surface area contributed by atoms with Crippen LogP contribution in [0.4, 0.5) is 0 Å². The molecule has 0 aliphatic rings. The minimum Gasteiger partial charge on any atom is -0.467 e. The van der Waals surface area contributed by atoms with E-state index in [0.29, 0.717) is 0 Å². The highest BCUT2D eigenvalue weighted by Gasteiger charge is 2.20. The monoisotopic (exact) mass is 249 g/mol. The van der Waals surface area contributed by atoms with Crippen LogP contribution < -0.4 is 5.32 Å². The van der Waals surface area contributed by atoms with Crippen LogP contribution in [0.2, 0.25) is 0 Å². The lowest BCUT2D eigenvalue weighted by Crippen LogP contribution is -2.23. The van der Waals surface area contributed by atoms with E-state index in [0.717, 1.165) is 18.7 Å². The smallest absolute Gasteiger partial charge is 0.128 e. The van der Waals surface area contributed by atoms with Crippen LogP contribution in [-0.4, -0.2) is 6.54 Å². The van der Waals surface area contributed by atoms with Crippen LogP contribution >= 0.6 is 11.3 Å². The molecule has 0 radical (unpaired) electrons. The summed E-state index contributed by atoms with van der Waals surface area (Å²) in [5, 5.41) is 5.71. The predicted octanol–water partition coefficient (Wildman–Crippen LogP) is 4.05. The highest BCUT2D eigenvalue weighted by molar-refractivity contribution is 7.10. The van der Waals surface area contributed by atoms with Gasteiger partial charge in [-0.15, -0.1) is 11.3 Å². The van der Waals surface area contributed by atoms with E-state index < -0.39 is 0 Å². The number of rotatable bonds is 5. The van der Waals surface area contributed by atoms with Crippen LogP contribution in [0, 0.1) is 13.8 Å². The van der Waals surface area contributed by atoms with Crippen molar-refractivity contribution in [2.24, 2.45) is 0 Å². The summed E-state index contributed by atoms with van der Waals surface area (Å²) < 4.78 is 5.64. The molecule has 1 atom stereocenters. The Morgan fingerprint density at radius 3 is 2.71 bits per heavy atom. The molecule has 0 fully saturated rings. The van der Waals surface area contributed by atoms with Gasteiger partial charge in [-0.3, -0.25) is 0 Å². The molecule has 2 aromatic rings. The molecular formula is C14H19NOS. The molecule has 2 rings (SSSR count). The Labute approximate surface area is 107 Å². The van der Waals surface area contributed by atoms with Crippen molar-refractivity contribution in [2.45, 2.75) is 33.2 Å². The van der Waals surface area contributed by atoms with Crippen LogP contribution in [0.5, 0.6) is 0 Å². The van der Waals surface area contributed by atoms with E-state index >= 15 is 0 Å². The number of thiophene rings is 1. The van der Waals surface area contributed by atoms with Crippen LogP contribution in [0.15, 0.2) is 28.2 Å². The lowest BCUT2D eigenvalue weighted by atomic mass is 10.0.